The van der Waals surface area contributed by atoms with Crippen LogP contribution in [0.25, 0.3) is 0 Å². The first kappa shape index (κ1) is 13.3. The van der Waals surface area contributed by atoms with Crippen LogP contribution in [0, 0.1) is 6.92 Å². The summed E-state index contributed by atoms with van der Waals surface area (Å²) in [6, 6.07) is 3.34. The van der Waals surface area contributed by atoms with Gasteiger partial charge in [-0.3, -0.25) is 9.88 Å². The summed E-state index contributed by atoms with van der Waals surface area (Å²) >= 11 is 0. The second kappa shape index (κ2) is 4.85. The molecule has 1 aromatic rings. The van der Waals surface area contributed by atoms with Gasteiger partial charge >= 0.3 is 0 Å². The van der Waals surface area contributed by atoms with Crippen LogP contribution >= 0.6 is 0 Å². The summed E-state index contributed by atoms with van der Waals surface area (Å²) in [5, 5.41) is 9.75. The molecule has 6 heteroatoms. The summed E-state index contributed by atoms with van der Waals surface area (Å²) in [7, 11) is -2.90. The molecule has 0 aliphatic carbocycles. The lowest BCUT2D eigenvalue weighted by Crippen LogP contribution is -2.46. The molecule has 0 saturated carbocycles. The highest BCUT2D eigenvalue weighted by atomic mass is 32.2. The summed E-state index contributed by atoms with van der Waals surface area (Å²) in [4.78, 5) is 6.34. The minimum absolute atomic E-state index is 0.0366. The lowest BCUT2D eigenvalue weighted by Gasteiger charge is -2.32. The highest BCUT2D eigenvalue weighted by Crippen LogP contribution is 2.20. The lowest BCUT2D eigenvalue weighted by atomic mass is 10.2. The molecule has 1 aliphatic heterocycles. The van der Waals surface area contributed by atoms with Gasteiger partial charge in [0.05, 0.1) is 17.2 Å². The van der Waals surface area contributed by atoms with Gasteiger partial charge in [-0.15, -0.1) is 0 Å². The van der Waals surface area contributed by atoms with Crippen LogP contribution in [0.15, 0.2) is 12.1 Å². The third-order valence-electron chi connectivity index (χ3n) is 3.25. The van der Waals surface area contributed by atoms with Crippen molar-refractivity contribution in [1.29, 1.82) is 0 Å². The topological polar surface area (TPSA) is 70.5 Å². The van der Waals surface area contributed by atoms with E-state index in [1.807, 2.05) is 18.7 Å². The van der Waals surface area contributed by atoms with Crippen molar-refractivity contribution < 1.29 is 13.5 Å². The van der Waals surface area contributed by atoms with E-state index in [9.17, 15) is 13.5 Å². The van der Waals surface area contributed by atoms with Crippen LogP contribution < -0.4 is 0 Å². The number of rotatable bonds is 2. The van der Waals surface area contributed by atoms with E-state index in [0.29, 0.717) is 18.8 Å². The predicted octanol–water partition coefficient (Wildman–Crippen LogP) is 0.715. The van der Waals surface area contributed by atoms with Gasteiger partial charge in [-0.05, 0) is 26.0 Å². The maximum absolute atomic E-state index is 11.5. The largest absolute Gasteiger partial charge is 0.506 e. The van der Waals surface area contributed by atoms with Gasteiger partial charge in [0.2, 0.25) is 0 Å². The predicted molar refractivity (Wildman–Crippen MR) is 69.2 cm³/mol. The smallest absolute Gasteiger partial charge is 0.153 e. The SMILES string of the molecule is Cc1ccc(O)c(CN2CCS(=O)(=O)CC2C)n1. The van der Waals surface area contributed by atoms with Crippen molar-refractivity contribution in [3.63, 3.8) is 0 Å². The molecule has 1 aliphatic rings. The molecule has 0 radical (unpaired) electrons. The van der Waals surface area contributed by atoms with Gasteiger partial charge in [-0.1, -0.05) is 0 Å². The summed E-state index contributed by atoms with van der Waals surface area (Å²) in [6.07, 6.45) is 0. The highest BCUT2D eigenvalue weighted by Gasteiger charge is 2.28. The van der Waals surface area contributed by atoms with Crippen molar-refractivity contribution in [2.24, 2.45) is 0 Å². The zero-order valence-electron chi connectivity index (χ0n) is 10.6. The van der Waals surface area contributed by atoms with Crippen molar-refractivity contribution >= 4 is 9.84 Å². The highest BCUT2D eigenvalue weighted by molar-refractivity contribution is 7.91. The molecule has 0 spiro atoms. The summed E-state index contributed by atoms with van der Waals surface area (Å²) in [6.45, 7) is 4.75. The van der Waals surface area contributed by atoms with Gasteiger partial charge in [0, 0.05) is 24.8 Å². The van der Waals surface area contributed by atoms with E-state index in [1.165, 1.54) is 0 Å². The van der Waals surface area contributed by atoms with Crippen molar-refractivity contribution in [2.75, 3.05) is 18.1 Å². The van der Waals surface area contributed by atoms with Gasteiger partial charge in [0.25, 0.3) is 0 Å². The minimum Gasteiger partial charge on any atom is -0.506 e. The van der Waals surface area contributed by atoms with E-state index in [1.54, 1.807) is 12.1 Å². The van der Waals surface area contributed by atoms with Crippen molar-refractivity contribution in [1.82, 2.24) is 9.88 Å². The molecule has 1 N–H and O–H groups in total. The summed E-state index contributed by atoms with van der Waals surface area (Å²) < 4.78 is 23.0. The molecule has 100 valence electrons. The zero-order chi connectivity index (χ0) is 13.3. The van der Waals surface area contributed by atoms with E-state index in [2.05, 4.69) is 4.98 Å². The Labute approximate surface area is 107 Å². The molecule has 1 fully saturated rings. The number of aromatic nitrogens is 1. The molecule has 1 unspecified atom stereocenters. The van der Waals surface area contributed by atoms with Crippen molar-refractivity contribution in [2.45, 2.75) is 26.4 Å². The van der Waals surface area contributed by atoms with E-state index in [-0.39, 0.29) is 23.3 Å². The van der Waals surface area contributed by atoms with E-state index >= 15 is 0 Å². The third-order valence-corrected chi connectivity index (χ3v) is 5.05. The number of sulfone groups is 1. The van der Waals surface area contributed by atoms with Crippen molar-refractivity contribution in [3.8, 4) is 5.75 Å². The molecular formula is C12H18N2O3S. The molecule has 2 rings (SSSR count). The standard InChI is InChI=1S/C12H18N2O3S/c1-9-3-4-12(15)11(13-9)7-14-5-6-18(16,17)8-10(14)2/h3-4,10,15H,5-8H2,1-2H3. The number of hydrogen-bond donors (Lipinski definition) is 1. The van der Waals surface area contributed by atoms with Crippen molar-refractivity contribution in [3.05, 3.63) is 23.5 Å². The average Bonchev–Trinajstić information content (AvgIpc) is 2.26. The third kappa shape index (κ3) is 3.00. The normalized spacial score (nSPS) is 24.0. The van der Waals surface area contributed by atoms with Crippen LogP contribution in [-0.2, 0) is 16.4 Å². The van der Waals surface area contributed by atoms with E-state index in [0.717, 1.165) is 5.69 Å². The average molecular weight is 270 g/mol. The second-order valence-electron chi connectivity index (χ2n) is 4.85. The fraction of sp³-hybridized carbons (Fsp3) is 0.583. The van der Waals surface area contributed by atoms with E-state index in [4.69, 9.17) is 0 Å². The Kier molecular flexibility index (Phi) is 3.59. The van der Waals surface area contributed by atoms with Gasteiger partial charge in [-0.2, -0.15) is 0 Å². The maximum atomic E-state index is 11.5. The van der Waals surface area contributed by atoms with Crippen LogP contribution in [0.2, 0.25) is 0 Å². The molecular weight excluding hydrogens is 252 g/mol. The molecule has 2 heterocycles. The molecule has 1 saturated heterocycles. The number of pyridine rings is 1. The number of aromatic hydroxyl groups is 1. The number of hydrogen-bond acceptors (Lipinski definition) is 5. The van der Waals surface area contributed by atoms with Crippen LogP contribution in [-0.4, -0.2) is 47.5 Å². The first-order valence-corrected chi connectivity index (χ1v) is 7.79. The van der Waals surface area contributed by atoms with Crippen LogP contribution in [0.5, 0.6) is 5.75 Å². The van der Waals surface area contributed by atoms with Gasteiger partial charge in [0.1, 0.15) is 5.75 Å². The zero-order valence-corrected chi connectivity index (χ0v) is 11.4. The lowest BCUT2D eigenvalue weighted by molar-refractivity contribution is 0.212. The van der Waals surface area contributed by atoms with E-state index < -0.39 is 9.84 Å². The molecule has 5 nitrogen and oxygen atoms in total. The molecule has 1 aromatic heterocycles. The monoisotopic (exact) mass is 270 g/mol. The maximum Gasteiger partial charge on any atom is 0.153 e. The Bertz CT molecular complexity index is 542. The fourth-order valence-electron chi connectivity index (χ4n) is 2.18. The van der Waals surface area contributed by atoms with Gasteiger partial charge in [0.15, 0.2) is 9.84 Å². The Morgan fingerprint density at radius 1 is 1.50 bits per heavy atom. The van der Waals surface area contributed by atoms with Crippen LogP contribution in [0.4, 0.5) is 0 Å². The fourth-order valence-corrected chi connectivity index (χ4v) is 3.80. The number of nitrogens with zero attached hydrogens (tertiary/aromatic N) is 2. The second-order valence-corrected chi connectivity index (χ2v) is 7.08. The summed E-state index contributed by atoms with van der Waals surface area (Å²) in [5.41, 5.74) is 1.46. The molecule has 0 bridgehead atoms. The first-order valence-electron chi connectivity index (χ1n) is 5.97. The van der Waals surface area contributed by atoms with Crippen LogP contribution in [0.1, 0.15) is 18.3 Å². The Morgan fingerprint density at radius 3 is 2.89 bits per heavy atom. The minimum atomic E-state index is -2.90. The number of aryl methyl sites for hydroxylation is 1. The van der Waals surface area contributed by atoms with Crippen LogP contribution in [0.3, 0.4) is 0 Å². The summed E-state index contributed by atoms with van der Waals surface area (Å²) in [5.74, 6) is 0.532. The first-order chi connectivity index (χ1) is 8.37. The quantitative estimate of drug-likeness (QED) is 0.857. The molecule has 1 atom stereocenters. The Hall–Kier alpha value is -1.14. The molecule has 0 aromatic carbocycles. The van der Waals surface area contributed by atoms with Gasteiger partial charge < -0.3 is 5.11 Å². The molecule has 18 heavy (non-hydrogen) atoms. The Morgan fingerprint density at radius 2 is 2.22 bits per heavy atom. The van der Waals surface area contributed by atoms with Gasteiger partial charge in [-0.25, -0.2) is 8.42 Å². The Balaban J connectivity index is 2.12. The molecule has 0 amide bonds.